The lowest BCUT2D eigenvalue weighted by Gasteiger charge is -2.10. The van der Waals surface area contributed by atoms with Gasteiger partial charge in [0.2, 0.25) is 5.91 Å². The maximum absolute atomic E-state index is 11.1. The summed E-state index contributed by atoms with van der Waals surface area (Å²) in [5.74, 6) is 0.698. The predicted molar refractivity (Wildman–Crippen MR) is 89.3 cm³/mol. The molecule has 0 unspecified atom stereocenters. The smallest absolute Gasteiger partial charge is 0.248 e. The van der Waals surface area contributed by atoms with Gasteiger partial charge in [-0.3, -0.25) is 4.79 Å². The number of nitrogens with two attached hydrogens (primary N) is 1. The summed E-state index contributed by atoms with van der Waals surface area (Å²) >= 11 is 12.1. The van der Waals surface area contributed by atoms with Gasteiger partial charge in [0.1, 0.15) is 5.76 Å². The van der Waals surface area contributed by atoms with Gasteiger partial charge in [0.05, 0.1) is 22.3 Å². The summed E-state index contributed by atoms with van der Waals surface area (Å²) in [4.78, 5) is 11.1. The molecule has 2 rings (SSSR count). The van der Waals surface area contributed by atoms with E-state index in [-0.39, 0.29) is 15.6 Å². The van der Waals surface area contributed by atoms with Crippen molar-refractivity contribution >= 4 is 29.1 Å². The van der Waals surface area contributed by atoms with E-state index in [0.29, 0.717) is 12.4 Å². The van der Waals surface area contributed by atoms with Crippen LogP contribution in [0.15, 0.2) is 22.7 Å². The van der Waals surface area contributed by atoms with Crippen molar-refractivity contribution in [2.45, 2.75) is 32.6 Å². The number of aryl methyl sites for hydroxylation is 2. The number of carbonyl (C=O) groups excluding carboxylic acids is 1. The standard InChI is InChI=1S/C16H18Cl2N2O3/c1-10-7-12(23-20-10)5-3-2-4-6-22-15-13(17)8-11(16(19)21)9-14(15)18/h7-9H,2-6H2,1H3,(H2,19,21). The number of primary amides is 1. The highest BCUT2D eigenvalue weighted by molar-refractivity contribution is 6.37. The van der Waals surface area contributed by atoms with Crippen molar-refractivity contribution in [3.05, 3.63) is 45.3 Å². The fourth-order valence-corrected chi connectivity index (χ4v) is 2.72. The van der Waals surface area contributed by atoms with Crippen molar-refractivity contribution in [3.8, 4) is 5.75 Å². The van der Waals surface area contributed by atoms with Gasteiger partial charge >= 0.3 is 0 Å². The largest absolute Gasteiger partial charge is 0.490 e. The highest BCUT2D eigenvalue weighted by atomic mass is 35.5. The number of halogens is 2. The Morgan fingerprint density at radius 1 is 1.22 bits per heavy atom. The molecule has 0 atom stereocenters. The van der Waals surface area contributed by atoms with Gasteiger partial charge in [-0.2, -0.15) is 0 Å². The first-order chi connectivity index (χ1) is 11.0. The Hall–Kier alpha value is -1.72. The summed E-state index contributed by atoms with van der Waals surface area (Å²) in [6, 6.07) is 4.85. The molecule has 5 nitrogen and oxygen atoms in total. The van der Waals surface area contributed by atoms with Crippen molar-refractivity contribution in [2.75, 3.05) is 6.61 Å². The van der Waals surface area contributed by atoms with Gasteiger partial charge in [-0.25, -0.2) is 0 Å². The first-order valence-corrected chi connectivity index (χ1v) is 8.07. The first kappa shape index (κ1) is 17.6. The number of rotatable bonds is 8. The molecule has 1 aromatic heterocycles. The molecule has 0 aliphatic rings. The van der Waals surface area contributed by atoms with E-state index in [9.17, 15) is 4.79 Å². The molecule has 0 saturated carbocycles. The minimum Gasteiger partial charge on any atom is -0.490 e. The van der Waals surface area contributed by atoms with Gasteiger partial charge in [-0.05, 0) is 38.3 Å². The van der Waals surface area contributed by atoms with Crippen LogP contribution in [-0.4, -0.2) is 17.7 Å². The lowest BCUT2D eigenvalue weighted by atomic mass is 10.1. The fourth-order valence-electron chi connectivity index (χ4n) is 2.13. The second kappa shape index (κ2) is 8.22. The highest BCUT2D eigenvalue weighted by Gasteiger charge is 2.12. The Labute approximate surface area is 144 Å². The summed E-state index contributed by atoms with van der Waals surface area (Å²) in [6.45, 7) is 2.39. The van der Waals surface area contributed by atoms with Crippen molar-refractivity contribution < 1.29 is 14.1 Å². The molecule has 23 heavy (non-hydrogen) atoms. The molecule has 2 N–H and O–H groups in total. The summed E-state index contributed by atoms with van der Waals surface area (Å²) in [7, 11) is 0. The number of hydrogen-bond acceptors (Lipinski definition) is 4. The topological polar surface area (TPSA) is 78.4 Å². The molecule has 124 valence electrons. The zero-order chi connectivity index (χ0) is 16.8. The van der Waals surface area contributed by atoms with Gasteiger partial charge in [0.25, 0.3) is 0 Å². The summed E-state index contributed by atoms with van der Waals surface area (Å²) in [5.41, 5.74) is 6.35. The third-order valence-corrected chi connectivity index (χ3v) is 3.83. The average molecular weight is 357 g/mol. The van der Waals surface area contributed by atoms with Crippen LogP contribution in [0.1, 0.15) is 41.1 Å². The molecule has 1 amide bonds. The van der Waals surface area contributed by atoms with E-state index in [1.807, 2.05) is 13.0 Å². The zero-order valence-electron chi connectivity index (χ0n) is 12.8. The molecule has 1 aromatic carbocycles. The third-order valence-electron chi connectivity index (χ3n) is 3.27. The molecule has 0 radical (unpaired) electrons. The Morgan fingerprint density at radius 3 is 2.48 bits per heavy atom. The van der Waals surface area contributed by atoms with Crippen molar-refractivity contribution in [1.29, 1.82) is 0 Å². The monoisotopic (exact) mass is 356 g/mol. The second-order valence-electron chi connectivity index (χ2n) is 5.23. The van der Waals surface area contributed by atoms with E-state index >= 15 is 0 Å². The molecule has 1 heterocycles. The van der Waals surface area contributed by atoms with Crippen molar-refractivity contribution in [2.24, 2.45) is 5.73 Å². The number of benzene rings is 1. The van der Waals surface area contributed by atoms with Crippen LogP contribution in [0.3, 0.4) is 0 Å². The molecule has 0 fully saturated rings. The fraction of sp³-hybridized carbons (Fsp3) is 0.375. The van der Waals surface area contributed by atoms with E-state index in [1.165, 1.54) is 12.1 Å². The minimum absolute atomic E-state index is 0.259. The van der Waals surface area contributed by atoms with Crippen LogP contribution in [0.4, 0.5) is 0 Å². The number of carbonyl (C=O) groups is 1. The van der Waals surface area contributed by atoms with Crippen LogP contribution in [0, 0.1) is 6.92 Å². The first-order valence-electron chi connectivity index (χ1n) is 7.31. The van der Waals surface area contributed by atoms with E-state index in [2.05, 4.69) is 5.16 Å². The molecular formula is C16H18Cl2N2O3. The van der Waals surface area contributed by atoms with Crippen molar-refractivity contribution in [1.82, 2.24) is 5.16 Å². The van der Waals surface area contributed by atoms with Gasteiger partial charge in [-0.15, -0.1) is 0 Å². The van der Waals surface area contributed by atoms with Crippen LogP contribution in [0.5, 0.6) is 5.75 Å². The SMILES string of the molecule is Cc1cc(CCCCCOc2c(Cl)cc(C(N)=O)cc2Cl)on1. The maximum Gasteiger partial charge on any atom is 0.248 e. The molecule has 0 saturated heterocycles. The molecular weight excluding hydrogens is 339 g/mol. The Balaban J connectivity index is 1.75. The zero-order valence-corrected chi connectivity index (χ0v) is 14.3. The molecule has 2 aromatic rings. The van der Waals surface area contributed by atoms with E-state index in [4.69, 9.17) is 38.2 Å². The molecule has 0 aliphatic carbocycles. The normalized spacial score (nSPS) is 10.7. The third kappa shape index (κ3) is 5.15. The molecule has 0 bridgehead atoms. The number of aromatic nitrogens is 1. The van der Waals surface area contributed by atoms with Crippen molar-refractivity contribution in [3.63, 3.8) is 0 Å². The van der Waals surface area contributed by atoms with Crippen LogP contribution in [-0.2, 0) is 6.42 Å². The molecule has 0 aliphatic heterocycles. The Bertz CT molecular complexity index is 663. The van der Waals surface area contributed by atoms with Crippen LogP contribution < -0.4 is 10.5 Å². The summed E-state index contributed by atoms with van der Waals surface area (Å²) in [6.07, 6.45) is 3.68. The van der Waals surface area contributed by atoms with Crippen LogP contribution >= 0.6 is 23.2 Å². The number of unbranched alkanes of at least 4 members (excludes halogenated alkanes) is 2. The predicted octanol–water partition coefficient (Wildman–Crippen LogP) is 4.18. The van der Waals surface area contributed by atoms with Gasteiger partial charge in [-0.1, -0.05) is 28.4 Å². The molecule has 0 spiro atoms. The highest BCUT2D eigenvalue weighted by Crippen LogP contribution is 2.34. The lowest BCUT2D eigenvalue weighted by Crippen LogP contribution is -2.11. The number of amides is 1. The number of hydrogen-bond donors (Lipinski definition) is 1. The minimum atomic E-state index is -0.581. The summed E-state index contributed by atoms with van der Waals surface area (Å²) in [5, 5.41) is 4.41. The van der Waals surface area contributed by atoms with Crippen LogP contribution in [0.2, 0.25) is 10.0 Å². The number of ether oxygens (including phenoxy) is 1. The van der Waals surface area contributed by atoms with Gasteiger partial charge < -0.3 is 15.0 Å². The summed E-state index contributed by atoms with van der Waals surface area (Å²) < 4.78 is 10.8. The Morgan fingerprint density at radius 2 is 1.91 bits per heavy atom. The second-order valence-corrected chi connectivity index (χ2v) is 6.04. The van der Waals surface area contributed by atoms with Gasteiger partial charge in [0, 0.05) is 18.1 Å². The number of nitrogens with zero attached hydrogens (tertiary/aromatic N) is 1. The van der Waals surface area contributed by atoms with E-state index < -0.39 is 5.91 Å². The maximum atomic E-state index is 11.1. The Kier molecular flexibility index (Phi) is 6.30. The van der Waals surface area contributed by atoms with Crippen LogP contribution in [0.25, 0.3) is 0 Å². The van der Waals surface area contributed by atoms with E-state index in [1.54, 1.807) is 0 Å². The quantitative estimate of drug-likeness (QED) is 0.719. The van der Waals surface area contributed by atoms with E-state index in [0.717, 1.165) is 37.1 Å². The molecule has 7 heteroatoms. The lowest BCUT2D eigenvalue weighted by molar-refractivity contribution is 0.1000. The average Bonchev–Trinajstić information content (AvgIpc) is 2.90. The van der Waals surface area contributed by atoms with Gasteiger partial charge in [0.15, 0.2) is 5.75 Å².